The Hall–Kier alpha value is -1.60. The average molecular weight is 336 g/mol. The summed E-state index contributed by atoms with van der Waals surface area (Å²) in [5, 5.41) is 3.98. The number of benzene rings is 2. The molecule has 25 heavy (non-hydrogen) atoms. The lowest BCUT2D eigenvalue weighted by molar-refractivity contribution is 0.297. The maximum Gasteiger partial charge on any atom is 0.0169 e. The van der Waals surface area contributed by atoms with Gasteiger partial charge in [-0.2, -0.15) is 0 Å². The van der Waals surface area contributed by atoms with Crippen LogP contribution in [0.4, 0.5) is 0 Å². The molecule has 0 aliphatic heterocycles. The van der Waals surface area contributed by atoms with Crippen molar-refractivity contribution in [2.24, 2.45) is 5.92 Å². The molecule has 1 aliphatic rings. The van der Waals surface area contributed by atoms with Crippen molar-refractivity contribution >= 4 is 0 Å². The van der Waals surface area contributed by atoms with Crippen molar-refractivity contribution in [2.45, 2.75) is 70.4 Å². The molecule has 1 saturated carbocycles. The predicted molar refractivity (Wildman–Crippen MR) is 108 cm³/mol. The van der Waals surface area contributed by atoms with Gasteiger partial charge in [-0.15, -0.1) is 0 Å². The summed E-state index contributed by atoms with van der Waals surface area (Å²) in [4.78, 5) is 0. The van der Waals surface area contributed by atoms with E-state index in [1.807, 2.05) is 0 Å². The molecule has 1 heteroatoms. The maximum atomic E-state index is 3.98. The van der Waals surface area contributed by atoms with Crippen LogP contribution in [0.3, 0.4) is 0 Å². The first-order chi connectivity index (χ1) is 12.2. The lowest BCUT2D eigenvalue weighted by Crippen LogP contribution is -2.47. The molecule has 3 rings (SSSR count). The van der Waals surface area contributed by atoms with E-state index < -0.39 is 0 Å². The van der Waals surface area contributed by atoms with Gasteiger partial charge in [0.1, 0.15) is 0 Å². The second-order valence-corrected chi connectivity index (χ2v) is 7.90. The Labute approximate surface area is 153 Å². The molecule has 2 aromatic carbocycles. The van der Waals surface area contributed by atoms with Crippen LogP contribution in [0.25, 0.3) is 0 Å². The topological polar surface area (TPSA) is 12.0 Å². The Morgan fingerprint density at radius 3 is 2.24 bits per heavy atom. The van der Waals surface area contributed by atoms with Gasteiger partial charge in [0.2, 0.25) is 0 Å². The Morgan fingerprint density at radius 2 is 1.64 bits per heavy atom. The number of hydrogen-bond donors (Lipinski definition) is 1. The number of rotatable bonds is 7. The highest BCUT2D eigenvalue weighted by atomic mass is 15.0. The zero-order valence-corrected chi connectivity index (χ0v) is 16.0. The smallest absolute Gasteiger partial charge is 0.0169 e. The molecule has 0 amide bonds. The largest absolute Gasteiger partial charge is 0.311 e. The zero-order chi connectivity index (χ0) is 17.7. The SMILES string of the molecule is CCC(C)NC1CC(Cc2ccccc2)CC1(CC)c1ccccc1. The van der Waals surface area contributed by atoms with Crippen molar-refractivity contribution in [1.82, 2.24) is 5.32 Å². The summed E-state index contributed by atoms with van der Waals surface area (Å²) in [6, 6.07) is 23.4. The molecule has 2 aromatic rings. The normalized spacial score (nSPS) is 27.3. The van der Waals surface area contributed by atoms with E-state index in [2.05, 4.69) is 86.8 Å². The molecule has 1 nitrogen and oxygen atoms in total. The summed E-state index contributed by atoms with van der Waals surface area (Å²) in [5.74, 6) is 0.754. The first-order valence-electron chi connectivity index (χ1n) is 10.0. The fourth-order valence-electron chi connectivity index (χ4n) is 4.78. The van der Waals surface area contributed by atoms with Gasteiger partial charge in [0, 0.05) is 17.5 Å². The van der Waals surface area contributed by atoms with Crippen LogP contribution in [0.1, 0.15) is 57.6 Å². The minimum atomic E-state index is 0.268. The van der Waals surface area contributed by atoms with Gasteiger partial charge in [-0.1, -0.05) is 74.5 Å². The van der Waals surface area contributed by atoms with E-state index in [4.69, 9.17) is 0 Å². The van der Waals surface area contributed by atoms with E-state index >= 15 is 0 Å². The van der Waals surface area contributed by atoms with Crippen molar-refractivity contribution in [2.75, 3.05) is 0 Å². The van der Waals surface area contributed by atoms with Gasteiger partial charge in [-0.05, 0) is 56.1 Å². The molecule has 0 aromatic heterocycles. The van der Waals surface area contributed by atoms with Crippen LogP contribution in [-0.2, 0) is 11.8 Å². The molecule has 0 saturated heterocycles. The van der Waals surface area contributed by atoms with Gasteiger partial charge in [0.15, 0.2) is 0 Å². The molecule has 1 fully saturated rings. The van der Waals surface area contributed by atoms with E-state index in [1.54, 1.807) is 0 Å². The van der Waals surface area contributed by atoms with Gasteiger partial charge >= 0.3 is 0 Å². The van der Waals surface area contributed by atoms with Gasteiger partial charge in [0.05, 0.1) is 0 Å². The molecular formula is C24H33N. The Bertz CT molecular complexity index is 636. The number of hydrogen-bond acceptors (Lipinski definition) is 1. The molecule has 1 aliphatic carbocycles. The minimum absolute atomic E-state index is 0.268. The fraction of sp³-hybridized carbons (Fsp3) is 0.500. The molecule has 0 spiro atoms. The lowest BCUT2D eigenvalue weighted by atomic mass is 9.73. The molecule has 0 heterocycles. The molecule has 0 radical (unpaired) electrons. The summed E-state index contributed by atoms with van der Waals surface area (Å²) in [6.07, 6.45) is 6.16. The van der Waals surface area contributed by atoms with Crippen molar-refractivity contribution in [3.8, 4) is 0 Å². The van der Waals surface area contributed by atoms with Crippen LogP contribution in [0, 0.1) is 5.92 Å². The molecular weight excluding hydrogens is 302 g/mol. The van der Waals surface area contributed by atoms with Gasteiger partial charge < -0.3 is 5.32 Å². The molecule has 134 valence electrons. The second-order valence-electron chi connectivity index (χ2n) is 7.90. The maximum absolute atomic E-state index is 3.98. The van der Waals surface area contributed by atoms with Crippen LogP contribution in [-0.4, -0.2) is 12.1 Å². The summed E-state index contributed by atoms with van der Waals surface area (Å²) in [6.45, 7) is 6.99. The second kappa shape index (κ2) is 8.19. The van der Waals surface area contributed by atoms with Crippen LogP contribution >= 0.6 is 0 Å². The Balaban J connectivity index is 1.87. The summed E-state index contributed by atoms with van der Waals surface area (Å²) in [5.41, 5.74) is 3.27. The first-order valence-corrected chi connectivity index (χ1v) is 10.0. The van der Waals surface area contributed by atoms with Crippen molar-refractivity contribution < 1.29 is 0 Å². The highest BCUT2D eigenvalue weighted by Gasteiger charge is 2.47. The molecule has 1 N–H and O–H groups in total. The van der Waals surface area contributed by atoms with Crippen LogP contribution < -0.4 is 5.32 Å². The summed E-state index contributed by atoms with van der Waals surface area (Å²) < 4.78 is 0. The third kappa shape index (κ3) is 3.98. The monoisotopic (exact) mass is 335 g/mol. The van der Waals surface area contributed by atoms with Crippen LogP contribution in [0.5, 0.6) is 0 Å². The standard InChI is InChI=1S/C24H33N/c1-4-19(3)25-23-17-21(16-20-12-8-6-9-13-20)18-24(23,5-2)22-14-10-7-11-15-22/h6-15,19,21,23,25H,4-5,16-18H2,1-3H3. The highest BCUT2D eigenvalue weighted by molar-refractivity contribution is 5.31. The van der Waals surface area contributed by atoms with Gasteiger partial charge in [0.25, 0.3) is 0 Å². The van der Waals surface area contributed by atoms with Crippen molar-refractivity contribution in [3.63, 3.8) is 0 Å². The molecule has 4 unspecified atom stereocenters. The Kier molecular flexibility index (Phi) is 5.96. The van der Waals surface area contributed by atoms with Gasteiger partial charge in [-0.25, -0.2) is 0 Å². The molecule has 0 bridgehead atoms. The van der Waals surface area contributed by atoms with E-state index in [9.17, 15) is 0 Å². The number of nitrogens with one attached hydrogen (secondary N) is 1. The van der Waals surface area contributed by atoms with Crippen molar-refractivity contribution in [1.29, 1.82) is 0 Å². The predicted octanol–water partition coefficient (Wildman–Crippen LogP) is 5.74. The van der Waals surface area contributed by atoms with E-state index in [0.717, 1.165) is 5.92 Å². The lowest BCUT2D eigenvalue weighted by Gasteiger charge is -2.37. The fourth-order valence-corrected chi connectivity index (χ4v) is 4.78. The zero-order valence-electron chi connectivity index (χ0n) is 16.0. The summed E-state index contributed by atoms with van der Waals surface area (Å²) >= 11 is 0. The van der Waals surface area contributed by atoms with E-state index in [-0.39, 0.29) is 5.41 Å². The van der Waals surface area contributed by atoms with Crippen LogP contribution in [0.2, 0.25) is 0 Å². The van der Waals surface area contributed by atoms with Crippen LogP contribution in [0.15, 0.2) is 60.7 Å². The highest BCUT2D eigenvalue weighted by Crippen LogP contribution is 2.48. The van der Waals surface area contributed by atoms with E-state index in [0.29, 0.717) is 12.1 Å². The average Bonchev–Trinajstić information content (AvgIpc) is 3.01. The minimum Gasteiger partial charge on any atom is -0.311 e. The van der Waals surface area contributed by atoms with Gasteiger partial charge in [-0.3, -0.25) is 0 Å². The Morgan fingerprint density at radius 1 is 1.00 bits per heavy atom. The van der Waals surface area contributed by atoms with E-state index in [1.165, 1.54) is 43.2 Å². The third-order valence-electron chi connectivity index (χ3n) is 6.33. The third-order valence-corrected chi connectivity index (χ3v) is 6.33. The first kappa shape index (κ1) is 18.2. The van der Waals surface area contributed by atoms with Crippen molar-refractivity contribution in [3.05, 3.63) is 71.8 Å². The summed E-state index contributed by atoms with van der Waals surface area (Å²) in [7, 11) is 0. The molecule has 4 atom stereocenters. The quantitative estimate of drug-likeness (QED) is 0.680.